The Morgan fingerprint density at radius 1 is 1.29 bits per heavy atom. The van der Waals surface area contributed by atoms with Crippen molar-refractivity contribution in [2.75, 3.05) is 23.3 Å². The van der Waals surface area contributed by atoms with Gasteiger partial charge in [-0.1, -0.05) is 19.9 Å². The fourth-order valence-electron chi connectivity index (χ4n) is 2.09. The first-order valence-corrected chi connectivity index (χ1v) is 8.42. The highest BCUT2D eigenvalue weighted by Crippen LogP contribution is 2.22. The van der Waals surface area contributed by atoms with Gasteiger partial charge in [0.15, 0.2) is 0 Å². The Bertz CT molecular complexity index is 551. The fraction of sp³-hybridized carbons (Fsp3) is 0.500. The van der Waals surface area contributed by atoms with Crippen LogP contribution in [0.4, 0.5) is 11.6 Å². The summed E-state index contributed by atoms with van der Waals surface area (Å²) in [6.07, 6.45) is 0. The largest absolute Gasteiger partial charge is 0.370 e. The van der Waals surface area contributed by atoms with Crippen LogP contribution in [0.15, 0.2) is 23.6 Å². The summed E-state index contributed by atoms with van der Waals surface area (Å²) in [5.41, 5.74) is 0. The van der Waals surface area contributed by atoms with Gasteiger partial charge in [-0.05, 0) is 25.3 Å². The van der Waals surface area contributed by atoms with E-state index in [2.05, 4.69) is 60.4 Å². The molecule has 2 rings (SSSR count). The molecule has 0 bridgehead atoms. The van der Waals surface area contributed by atoms with Gasteiger partial charge in [0.25, 0.3) is 0 Å². The molecular formula is C16H24N4S. The molecule has 114 valence electrons. The Hall–Kier alpha value is -1.62. The quantitative estimate of drug-likeness (QED) is 0.835. The summed E-state index contributed by atoms with van der Waals surface area (Å²) in [5, 5.41) is 5.42. The van der Waals surface area contributed by atoms with Crippen molar-refractivity contribution in [2.45, 2.75) is 40.2 Å². The lowest BCUT2D eigenvalue weighted by atomic mass is 10.2. The molecule has 0 spiro atoms. The zero-order chi connectivity index (χ0) is 15.2. The maximum absolute atomic E-state index is 4.75. The standard InChI is InChI=1S/C16H24N4S/c1-5-17-14-10-15(19-16(18-14)12(3)4)20(6-2)11-13-8-7-9-21-13/h7-10,12H,5-6,11H2,1-4H3,(H,17,18,19). The Labute approximate surface area is 131 Å². The molecule has 5 heteroatoms. The first kappa shape index (κ1) is 15.8. The van der Waals surface area contributed by atoms with E-state index in [4.69, 9.17) is 4.98 Å². The molecular weight excluding hydrogens is 280 g/mol. The number of hydrogen-bond donors (Lipinski definition) is 1. The molecule has 2 aromatic heterocycles. The molecule has 2 aromatic rings. The zero-order valence-electron chi connectivity index (χ0n) is 13.3. The number of nitrogens with one attached hydrogen (secondary N) is 1. The van der Waals surface area contributed by atoms with Gasteiger partial charge in [-0.25, -0.2) is 9.97 Å². The normalized spacial score (nSPS) is 10.9. The zero-order valence-corrected chi connectivity index (χ0v) is 14.1. The van der Waals surface area contributed by atoms with Gasteiger partial charge in [0.05, 0.1) is 6.54 Å². The Morgan fingerprint density at radius 3 is 2.67 bits per heavy atom. The molecule has 0 amide bonds. The van der Waals surface area contributed by atoms with Crippen LogP contribution in [0.3, 0.4) is 0 Å². The van der Waals surface area contributed by atoms with Gasteiger partial charge in [-0.3, -0.25) is 0 Å². The van der Waals surface area contributed by atoms with Crippen LogP contribution < -0.4 is 10.2 Å². The molecule has 0 radical (unpaired) electrons. The van der Waals surface area contributed by atoms with E-state index in [1.165, 1.54) is 4.88 Å². The minimum atomic E-state index is 0.322. The van der Waals surface area contributed by atoms with Crippen molar-refractivity contribution in [3.63, 3.8) is 0 Å². The SMILES string of the molecule is CCNc1cc(N(CC)Cc2cccs2)nc(C(C)C)n1. The summed E-state index contributed by atoms with van der Waals surface area (Å²) in [4.78, 5) is 13.0. The van der Waals surface area contributed by atoms with E-state index in [1.54, 1.807) is 11.3 Å². The van der Waals surface area contributed by atoms with E-state index < -0.39 is 0 Å². The second-order valence-electron chi connectivity index (χ2n) is 5.25. The van der Waals surface area contributed by atoms with Crippen LogP contribution in [0, 0.1) is 0 Å². The predicted octanol–water partition coefficient (Wildman–Crippen LogP) is 4.12. The number of aromatic nitrogens is 2. The van der Waals surface area contributed by atoms with Gasteiger partial charge in [0.1, 0.15) is 17.5 Å². The monoisotopic (exact) mass is 304 g/mol. The molecule has 0 saturated carbocycles. The van der Waals surface area contributed by atoms with Crippen LogP contribution in [0.2, 0.25) is 0 Å². The van der Waals surface area contributed by atoms with Crippen LogP contribution in [0.1, 0.15) is 44.3 Å². The molecule has 0 aliphatic heterocycles. The molecule has 0 atom stereocenters. The fourth-order valence-corrected chi connectivity index (χ4v) is 2.81. The van der Waals surface area contributed by atoms with Gasteiger partial charge >= 0.3 is 0 Å². The molecule has 1 N–H and O–H groups in total. The van der Waals surface area contributed by atoms with Gasteiger partial charge < -0.3 is 10.2 Å². The molecule has 0 fully saturated rings. The lowest BCUT2D eigenvalue weighted by Gasteiger charge is -2.23. The van der Waals surface area contributed by atoms with Gasteiger partial charge in [0, 0.05) is 30.0 Å². The Morgan fingerprint density at radius 2 is 2.10 bits per heavy atom. The summed E-state index contributed by atoms with van der Waals surface area (Å²) in [7, 11) is 0. The molecule has 4 nitrogen and oxygen atoms in total. The molecule has 2 heterocycles. The van der Waals surface area contributed by atoms with E-state index >= 15 is 0 Å². The lowest BCUT2D eigenvalue weighted by molar-refractivity contribution is 0.751. The summed E-state index contributed by atoms with van der Waals surface area (Å²) in [6.45, 7) is 11.2. The second-order valence-corrected chi connectivity index (χ2v) is 6.28. The lowest BCUT2D eigenvalue weighted by Crippen LogP contribution is -2.23. The number of hydrogen-bond acceptors (Lipinski definition) is 5. The van der Waals surface area contributed by atoms with Crippen molar-refractivity contribution in [3.8, 4) is 0 Å². The highest BCUT2D eigenvalue weighted by molar-refractivity contribution is 7.09. The minimum Gasteiger partial charge on any atom is -0.370 e. The average molecular weight is 304 g/mol. The Balaban J connectivity index is 2.30. The van der Waals surface area contributed by atoms with Gasteiger partial charge in [0.2, 0.25) is 0 Å². The molecule has 0 unspecified atom stereocenters. The third-order valence-electron chi connectivity index (χ3n) is 3.24. The number of rotatable bonds is 7. The van der Waals surface area contributed by atoms with Crippen molar-refractivity contribution in [1.29, 1.82) is 0 Å². The topological polar surface area (TPSA) is 41.0 Å². The third kappa shape index (κ3) is 4.17. The Kier molecular flexibility index (Phi) is 5.56. The van der Waals surface area contributed by atoms with Gasteiger partial charge in [-0.2, -0.15) is 0 Å². The van der Waals surface area contributed by atoms with Crippen LogP contribution in [0.25, 0.3) is 0 Å². The van der Waals surface area contributed by atoms with Crippen molar-refractivity contribution in [3.05, 3.63) is 34.3 Å². The van der Waals surface area contributed by atoms with Crippen LogP contribution in [0.5, 0.6) is 0 Å². The molecule has 0 saturated heterocycles. The summed E-state index contributed by atoms with van der Waals surface area (Å²) < 4.78 is 0. The summed E-state index contributed by atoms with van der Waals surface area (Å²) >= 11 is 1.79. The average Bonchev–Trinajstić information content (AvgIpc) is 2.97. The molecule has 21 heavy (non-hydrogen) atoms. The maximum atomic E-state index is 4.75. The predicted molar refractivity (Wildman–Crippen MR) is 91.3 cm³/mol. The number of thiophene rings is 1. The smallest absolute Gasteiger partial charge is 0.135 e. The molecule has 0 aliphatic carbocycles. The first-order valence-electron chi connectivity index (χ1n) is 7.54. The maximum Gasteiger partial charge on any atom is 0.135 e. The number of nitrogens with zero attached hydrogens (tertiary/aromatic N) is 3. The van der Waals surface area contributed by atoms with E-state index in [0.29, 0.717) is 5.92 Å². The van der Waals surface area contributed by atoms with Crippen LogP contribution in [-0.2, 0) is 6.54 Å². The second kappa shape index (κ2) is 7.41. The number of anilines is 2. The highest BCUT2D eigenvalue weighted by atomic mass is 32.1. The van der Waals surface area contributed by atoms with E-state index in [1.807, 2.05) is 6.07 Å². The highest BCUT2D eigenvalue weighted by Gasteiger charge is 2.13. The summed E-state index contributed by atoms with van der Waals surface area (Å²) in [5.74, 6) is 3.13. The molecule has 0 aliphatic rings. The van der Waals surface area contributed by atoms with Crippen LogP contribution in [-0.4, -0.2) is 23.1 Å². The van der Waals surface area contributed by atoms with E-state index in [-0.39, 0.29) is 0 Å². The van der Waals surface area contributed by atoms with E-state index in [0.717, 1.165) is 37.1 Å². The minimum absolute atomic E-state index is 0.322. The van der Waals surface area contributed by atoms with Crippen LogP contribution >= 0.6 is 11.3 Å². The van der Waals surface area contributed by atoms with Crippen molar-refractivity contribution in [1.82, 2.24) is 9.97 Å². The molecule has 0 aromatic carbocycles. The van der Waals surface area contributed by atoms with E-state index in [9.17, 15) is 0 Å². The first-order chi connectivity index (χ1) is 10.1. The summed E-state index contributed by atoms with van der Waals surface area (Å²) in [6, 6.07) is 6.31. The van der Waals surface area contributed by atoms with Crippen molar-refractivity contribution < 1.29 is 0 Å². The van der Waals surface area contributed by atoms with Gasteiger partial charge in [-0.15, -0.1) is 11.3 Å². The third-order valence-corrected chi connectivity index (χ3v) is 4.10. The van der Waals surface area contributed by atoms with Crippen molar-refractivity contribution in [2.24, 2.45) is 0 Å². The van der Waals surface area contributed by atoms with Crippen molar-refractivity contribution >= 4 is 23.0 Å².